The SMILES string of the molecule is CN(CCCCOC(N)=O)C12CC3CC(CC(C3)C1)C2. The fraction of sp³-hybridized carbons (Fsp3) is 0.938. The van der Waals surface area contributed by atoms with E-state index in [1.54, 1.807) is 0 Å². The van der Waals surface area contributed by atoms with Crippen LogP contribution in [0, 0.1) is 17.8 Å². The molecule has 4 saturated carbocycles. The molecule has 1 amide bonds. The zero-order valence-electron chi connectivity index (χ0n) is 12.6. The summed E-state index contributed by atoms with van der Waals surface area (Å²) in [5.74, 6) is 3.01. The smallest absolute Gasteiger partial charge is 0.404 e. The van der Waals surface area contributed by atoms with Crippen LogP contribution in [-0.4, -0.2) is 36.7 Å². The average Bonchev–Trinajstić information content (AvgIpc) is 2.36. The van der Waals surface area contributed by atoms with E-state index >= 15 is 0 Å². The molecule has 0 spiro atoms. The molecule has 0 aromatic heterocycles. The van der Waals surface area contributed by atoms with E-state index < -0.39 is 6.09 Å². The number of nitrogens with zero attached hydrogens (tertiary/aromatic N) is 1. The summed E-state index contributed by atoms with van der Waals surface area (Å²) < 4.78 is 4.79. The second kappa shape index (κ2) is 5.55. The fourth-order valence-electron chi connectivity index (χ4n) is 5.39. The number of amides is 1. The molecular weight excluding hydrogens is 252 g/mol. The van der Waals surface area contributed by atoms with Crippen LogP contribution < -0.4 is 5.73 Å². The standard InChI is InChI=1S/C16H28N2O2/c1-18(4-2-3-5-20-15(17)19)16-9-12-6-13(10-16)8-14(7-12)11-16/h12-14H,2-11H2,1H3,(H2,17,19). The molecule has 2 N–H and O–H groups in total. The zero-order valence-corrected chi connectivity index (χ0v) is 12.6. The van der Waals surface area contributed by atoms with Crippen molar-refractivity contribution in [1.82, 2.24) is 4.90 Å². The Morgan fingerprint density at radius 1 is 1.15 bits per heavy atom. The molecule has 4 rings (SSSR count). The number of unbranched alkanes of at least 4 members (excludes halogenated alkanes) is 1. The molecule has 0 aromatic carbocycles. The van der Waals surface area contributed by atoms with Crippen molar-refractivity contribution in [3.8, 4) is 0 Å². The molecule has 0 heterocycles. The minimum Gasteiger partial charge on any atom is -0.450 e. The van der Waals surface area contributed by atoms with Crippen molar-refractivity contribution in [2.24, 2.45) is 23.5 Å². The highest BCUT2D eigenvalue weighted by molar-refractivity contribution is 5.64. The lowest BCUT2D eigenvalue weighted by Crippen LogP contribution is -2.58. The normalized spacial score (nSPS) is 38.4. The molecule has 4 bridgehead atoms. The maximum absolute atomic E-state index is 10.5. The van der Waals surface area contributed by atoms with Gasteiger partial charge in [-0.2, -0.15) is 0 Å². The van der Waals surface area contributed by atoms with E-state index in [4.69, 9.17) is 10.5 Å². The first kappa shape index (κ1) is 14.2. The van der Waals surface area contributed by atoms with E-state index in [0.717, 1.165) is 37.1 Å². The van der Waals surface area contributed by atoms with Gasteiger partial charge in [0.15, 0.2) is 0 Å². The molecule has 4 aliphatic rings. The van der Waals surface area contributed by atoms with Crippen molar-refractivity contribution in [2.45, 2.75) is 56.9 Å². The quantitative estimate of drug-likeness (QED) is 0.761. The Morgan fingerprint density at radius 2 is 1.70 bits per heavy atom. The van der Waals surface area contributed by atoms with Gasteiger partial charge in [0.2, 0.25) is 0 Å². The van der Waals surface area contributed by atoms with Crippen LogP contribution in [0.15, 0.2) is 0 Å². The largest absolute Gasteiger partial charge is 0.450 e. The Hall–Kier alpha value is -0.770. The number of ether oxygens (including phenoxy) is 1. The van der Waals surface area contributed by atoms with E-state index in [2.05, 4.69) is 11.9 Å². The highest BCUT2D eigenvalue weighted by Gasteiger charge is 2.52. The van der Waals surface area contributed by atoms with Crippen molar-refractivity contribution < 1.29 is 9.53 Å². The molecule has 0 unspecified atom stereocenters. The summed E-state index contributed by atoms with van der Waals surface area (Å²) >= 11 is 0. The molecule has 114 valence electrons. The Labute approximate surface area is 122 Å². The third-order valence-electron chi connectivity index (χ3n) is 5.95. The van der Waals surface area contributed by atoms with Gasteiger partial charge in [-0.1, -0.05) is 0 Å². The third kappa shape index (κ3) is 2.80. The van der Waals surface area contributed by atoms with Crippen LogP contribution in [0.4, 0.5) is 4.79 Å². The molecule has 0 saturated heterocycles. The van der Waals surface area contributed by atoms with Crippen molar-refractivity contribution in [1.29, 1.82) is 0 Å². The van der Waals surface area contributed by atoms with Gasteiger partial charge < -0.3 is 15.4 Å². The summed E-state index contributed by atoms with van der Waals surface area (Å²) in [4.78, 5) is 13.1. The minimum absolute atomic E-state index is 0.462. The second-order valence-corrected chi connectivity index (χ2v) is 7.44. The number of rotatable bonds is 6. The predicted octanol–water partition coefficient (Wildman–Crippen LogP) is 2.76. The lowest BCUT2D eigenvalue weighted by molar-refractivity contribution is -0.0794. The number of primary amides is 1. The van der Waals surface area contributed by atoms with E-state index in [-0.39, 0.29) is 0 Å². The second-order valence-electron chi connectivity index (χ2n) is 7.44. The van der Waals surface area contributed by atoms with E-state index in [0.29, 0.717) is 12.1 Å². The zero-order chi connectivity index (χ0) is 14.2. The van der Waals surface area contributed by atoms with Crippen LogP contribution in [0.1, 0.15) is 51.4 Å². The van der Waals surface area contributed by atoms with Gasteiger partial charge in [-0.15, -0.1) is 0 Å². The van der Waals surface area contributed by atoms with Crippen LogP contribution in [0.5, 0.6) is 0 Å². The Kier molecular flexibility index (Phi) is 3.93. The maximum Gasteiger partial charge on any atom is 0.404 e. The van der Waals surface area contributed by atoms with Crippen molar-refractivity contribution in [2.75, 3.05) is 20.2 Å². The number of carbonyl (C=O) groups excluding carboxylic acids is 1. The highest BCUT2D eigenvalue weighted by atomic mass is 16.5. The summed E-state index contributed by atoms with van der Waals surface area (Å²) in [5, 5.41) is 0. The van der Waals surface area contributed by atoms with Gasteiger partial charge >= 0.3 is 6.09 Å². The molecule has 4 heteroatoms. The molecule has 0 aliphatic heterocycles. The topological polar surface area (TPSA) is 55.6 Å². The van der Waals surface area contributed by atoms with E-state index in [1.807, 2.05) is 0 Å². The van der Waals surface area contributed by atoms with Crippen LogP contribution in [-0.2, 0) is 4.74 Å². The summed E-state index contributed by atoms with van der Waals surface area (Å²) in [6.45, 7) is 1.58. The first-order chi connectivity index (χ1) is 9.57. The molecular formula is C16H28N2O2. The minimum atomic E-state index is -0.653. The summed E-state index contributed by atoms with van der Waals surface area (Å²) in [6, 6.07) is 0. The molecule has 0 aromatic rings. The van der Waals surface area contributed by atoms with Crippen molar-refractivity contribution in [3.05, 3.63) is 0 Å². The van der Waals surface area contributed by atoms with Crippen molar-refractivity contribution >= 4 is 6.09 Å². The van der Waals surface area contributed by atoms with Gasteiger partial charge in [-0.05, 0) is 82.7 Å². The van der Waals surface area contributed by atoms with Gasteiger partial charge in [0, 0.05) is 5.54 Å². The molecule has 4 nitrogen and oxygen atoms in total. The summed E-state index contributed by atoms with van der Waals surface area (Å²) in [6.07, 6.45) is 10.1. The Bertz CT molecular complexity index is 334. The number of hydrogen-bond donors (Lipinski definition) is 1. The monoisotopic (exact) mass is 280 g/mol. The van der Waals surface area contributed by atoms with Gasteiger partial charge in [-0.3, -0.25) is 0 Å². The number of hydrogen-bond acceptors (Lipinski definition) is 3. The Morgan fingerprint density at radius 3 is 2.20 bits per heavy atom. The van der Waals surface area contributed by atoms with E-state index in [9.17, 15) is 4.79 Å². The number of carbonyl (C=O) groups is 1. The first-order valence-electron chi connectivity index (χ1n) is 8.21. The van der Waals surface area contributed by atoms with Crippen LogP contribution >= 0.6 is 0 Å². The predicted molar refractivity (Wildman–Crippen MR) is 78.3 cm³/mol. The molecule has 0 atom stereocenters. The van der Waals surface area contributed by atoms with Gasteiger partial charge in [0.25, 0.3) is 0 Å². The third-order valence-corrected chi connectivity index (χ3v) is 5.95. The molecule has 20 heavy (non-hydrogen) atoms. The van der Waals surface area contributed by atoms with Crippen molar-refractivity contribution in [3.63, 3.8) is 0 Å². The fourth-order valence-corrected chi connectivity index (χ4v) is 5.39. The van der Waals surface area contributed by atoms with Crippen LogP contribution in [0.2, 0.25) is 0 Å². The van der Waals surface area contributed by atoms with Crippen LogP contribution in [0.25, 0.3) is 0 Å². The molecule has 4 fully saturated rings. The summed E-state index contributed by atoms with van der Waals surface area (Å²) in [7, 11) is 2.31. The van der Waals surface area contributed by atoms with Crippen LogP contribution in [0.3, 0.4) is 0 Å². The Balaban J connectivity index is 1.47. The summed E-state index contributed by atoms with van der Waals surface area (Å²) in [5.41, 5.74) is 5.46. The van der Waals surface area contributed by atoms with E-state index in [1.165, 1.54) is 38.5 Å². The lowest BCUT2D eigenvalue weighted by Gasteiger charge is -2.60. The van der Waals surface area contributed by atoms with Gasteiger partial charge in [-0.25, -0.2) is 4.79 Å². The highest BCUT2D eigenvalue weighted by Crippen LogP contribution is 2.57. The maximum atomic E-state index is 10.5. The molecule has 0 radical (unpaired) electrons. The number of nitrogens with two attached hydrogens (primary N) is 1. The lowest BCUT2D eigenvalue weighted by atomic mass is 9.52. The van der Waals surface area contributed by atoms with Gasteiger partial charge in [0.05, 0.1) is 6.61 Å². The van der Waals surface area contributed by atoms with Gasteiger partial charge in [0.1, 0.15) is 0 Å². The molecule has 4 aliphatic carbocycles. The average molecular weight is 280 g/mol. The first-order valence-corrected chi connectivity index (χ1v) is 8.21.